The first-order valence-corrected chi connectivity index (χ1v) is 13.8. The quantitative estimate of drug-likeness (QED) is 0.332. The number of carbonyl (C=O) groups is 1. The minimum Gasteiger partial charge on any atom is -0.441 e. The molecular formula is C26H37N3O6S. The lowest BCUT2D eigenvalue weighted by Crippen LogP contribution is -2.55. The summed E-state index contributed by atoms with van der Waals surface area (Å²) in [5, 5.41) is 14.8. The van der Waals surface area contributed by atoms with E-state index in [-0.39, 0.29) is 10.8 Å². The minimum atomic E-state index is -3.92. The second-order valence-electron chi connectivity index (χ2n) is 9.46. The third-order valence-corrected chi connectivity index (χ3v) is 8.12. The second-order valence-corrected chi connectivity index (χ2v) is 11.5. The van der Waals surface area contributed by atoms with E-state index in [0.29, 0.717) is 44.5 Å². The number of alkyl carbamates (subject to hydrolysis) is 1. The van der Waals surface area contributed by atoms with E-state index in [1.807, 2.05) is 44.2 Å². The largest absolute Gasteiger partial charge is 0.441 e. The molecule has 1 heterocycles. The van der Waals surface area contributed by atoms with Gasteiger partial charge >= 0.3 is 6.09 Å². The number of aliphatic hydroxyl groups is 1. The highest BCUT2D eigenvalue weighted by Gasteiger charge is 2.37. The van der Waals surface area contributed by atoms with E-state index in [1.165, 1.54) is 24.3 Å². The van der Waals surface area contributed by atoms with Crippen molar-refractivity contribution >= 4 is 21.6 Å². The number of carbonyl (C=O) groups excluding carboxylic acids is 1. The Bertz CT molecular complexity index is 1060. The molecule has 2 aromatic carbocycles. The zero-order chi connectivity index (χ0) is 26.1. The van der Waals surface area contributed by atoms with Crippen molar-refractivity contribution in [3.05, 3.63) is 60.2 Å². The fourth-order valence-electron chi connectivity index (χ4n) is 4.07. The molecule has 0 saturated carbocycles. The molecule has 5 N–H and O–H groups in total. The molecule has 2 unspecified atom stereocenters. The van der Waals surface area contributed by atoms with Gasteiger partial charge in [0.15, 0.2) is 22.2 Å². The Kier molecular flexibility index (Phi) is 10.1. The second kappa shape index (κ2) is 13.0. The van der Waals surface area contributed by atoms with Crippen LogP contribution in [0.15, 0.2) is 59.5 Å². The predicted molar refractivity (Wildman–Crippen MR) is 138 cm³/mol. The summed E-state index contributed by atoms with van der Waals surface area (Å²) in [7, 11) is -3.92. The fourth-order valence-corrected chi connectivity index (χ4v) is 5.83. The highest BCUT2D eigenvalue weighted by molar-refractivity contribution is 7.92. The monoisotopic (exact) mass is 519 g/mol. The van der Waals surface area contributed by atoms with Crippen LogP contribution in [0, 0.1) is 5.92 Å². The summed E-state index contributed by atoms with van der Waals surface area (Å²) >= 11 is 0. The number of rotatable bonds is 11. The summed E-state index contributed by atoms with van der Waals surface area (Å²) in [6.45, 7) is 4.77. The number of aryl methyl sites for hydroxylation is 1. The highest BCUT2D eigenvalue weighted by atomic mass is 32.2. The summed E-state index contributed by atoms with van der Waals surface area (Å²) in [6, 6.07) is 14.8. The van der Waals surface area contributed by atoms with Crippen molar-refractivity contribution in [2.75, 3.05) is 18.9 Å². The maximum atomic E-state index is 13.8. The van der Waals surface area contributed by atoms with Crippen LogP contribution in [-0.4, -0.2) is 56.6 Å². The van der Waals surface area contributed by atoms with Crippen LogP contribution in [0.3, 0.4) is 0 Å². The molecule has 36 heavy (non-hydrogen) atoms. The number of ether oxygens (including phenoxy) is 2. The fraction of sp³-hybridized carbons (Fsp3) is 0.500. The minimum absolute atomic E-state index is 0.105. The molecule has 1 amide bonds. The topological polar surface area (TPSA) is 140 Å². The first kappa shape index (κ1) is 27.9. The van der Waals surface area contributed by atoms with Gasteiger partial charge in [-0.3, -0.25) is 5.32 Å². The molecule has 9 nitrogen and oxygen atoms in total. The third-order valence-electron chi connectivity index (χ3n) is 6.02. The molecular weight excluding hydrogens is 482 g/mol. The zero-order valence-corrected chi connectivity index (χ0v) is 21.6. The van der Waals surface area contributed by atoms with E-state index in [0.717, 1.165) is 5.56 Å². The van der Waals surface area contributed by atoms with Gasteiger partial charge in [0, 0.05) is 5.69 Å². The number of sulfone groups is 1. The molecule has 0 radical (unpaired) electrons. The number of amides is 1. The van der Waals surface area contributed by atoms with Crippen LogP contribution in [0.1, 0.15) is 38.7 Å². The summed E-state index contributed by atoms with van der Waals surface area (Å²) in [5.74, 6) is 0.172. The van der Waals surface area contributed by atoms with E-state index >= 15 is 0 Å². The van der Waals surface area contributed by atoms with Crippen LogP contribution in [0.25, 0.3) is 0 Å². The first-order chi connectivity index (χ1) is 17.2. The Morgan fingerprint density at radius 2 is 1.86 bits per heavy atom. The van der Waals surface area contributed by atoms with Gasteiger partial charge < -0.3 is 25.6 Å². The molecule has 0 aromatic heterocycles. The number of aliphatic hydroxyl groups excluding tert-OH is 1. The smallest absolute Gasteiger partial charge is 0.407 e. The number of benzene rings is 2. The van der Waals surface area contributed by atoms with Gasteiger partial charge in [-0.1, -0.05) is 44.2 Å². The van der Waals surface area contributed by atoms with Crippen LogP contribution < -0.4 is 16.4 Å². The summed E-state index contributed by atoms with van der Waals surface area (Å²) < 4.78 is 38.2. The van der Waals surface area contributed by atoms with Crippen molar-refractivity contribution in [2.45, 2.75) is 68.2 Å². The Morgan fingerprint density at radius 1 is 1.17 bits per heavy atom. The highest BCUT2D eigenvalue weighted by Crippen LogP contribution is 2.22. The van der Waals surface area contributed by atoms with Crippen molar-refractivity contribution in [2.24, 2.45) is 5.92 Å². The molecule has 4 atom stereocenters. The van der Waals surface area contributed by atoms with Crippen LogP contribution in [0.2, 0.25) is 0 Å². The summed E-state index contributed by atoms with van der Waals surface area (Å²) in [6.07, 6.45) is -0.833. The van der Waals surface area contributed by atoms with Gasteiger partial charge in [-0.25, -0.2) is 13.2 Å². The molecule has 1 aliphatic heterocycles. The number of nitrogens with one attached hydrogen (secondary N) is 2. The van der Waals surface area contributed by atoms with E-state index in [2.05, 4.69) is 10.6 Å². The standard InChI is InChI=1S/C26H37N3O6S/c1-18(2)17-28-24(36(32,33)21-13-11-20(27)12-14-21)22(15-10-19-7-4-3-5-8-19)29-26(31)35-23-9-6-16-34-25(23)30/h3-5,7-8,11-14,18,22-25,28,30H,6,9-10,15-17,27H2,1-2H3,(H,29,31)/t22-,23-,24?,25?/m0/s1. The lowest BCUT2D eigenvalue weighted by atomic mass is 10.0. The Balaban J connectivity index is 1.88. The number of hydrogen-bond acceptors (Lipinski definition) is 8. The molecule has 198 valence electrons. The van der Waals surface area contributed by atoms with Crippen LogP contribution >= 0.6 is 0 Å². The van der Waals surface area contributed by atoms with E-state index in [9.17, 15) is 18.3 Å². The van der Waals surface area contributed by atoms with Gasteiger partial charge in [-0.15, -0.1) is 0 Å². The van der Waals surface area contributed by atoms with Crippen molar-refractivity contribution < 1.29 is 27.8 Å². The molecule has 0 aliphatic carbocycles. The van der Waals surface area contributed by atoms with Crippen molar-refractivity contribution in [1.82, 2.24) is 10.6 Å². The number of nitrogen functional groups attached to an aromatic ring is 1. The lowest BCUT2D eigenvalue weighted by Gasteiger charge is -2.31. The van der Waals surface area contributed by atoms with Crippen LogP contribution in [0.4, 0.5) is 10.5 Å². The Morgan fingerprint density at radius 3 is 2.50 bits per heavy atom. The predicted octanol–water partition coefficient (Wildman–Crippen LogP) is 2.84. The number of anilines is 1. The van der Waals surface area contributed by atoms with Crippen molar-refractivity contribution in [1.29, 1.82) is 0 Å². The summed E-state index contributed by atoms with van der Waals surface area (Å²) in [4.78, 5) is 13.0. The maximum Gasteiger partial charge on any atom is 0.407 e. The summed E-state index contributed by atoms with van der Waals surface area (Å²) in [5.41, 5.74) is 7.24. The zero-order valence-electron chi connectivity index (χ0n) is 20.8. The van der Waals surface area contributed by atoms with Gasteiger partial charge in [0.05, 0.1) is 17.5 Å². The van der Waals surface area contributed by atoms with Crippen LogP contribution in [0.5, 0.6) is 0 Å². The molecule has 10 heteroatoms. The molecule has 2 aromatic rings. The van der Waals surface area contributed by atoms with Gasteiger partial charge in [0.1, 0.15) is 5.37 Å². The number of hydrogen-bond donors (Lipinski definition) is 4. The van der Waals surface area contributed by atoms with Gasteiger partial charge in [-0.05, 0) is 68.0 Å². The molecule has 1 saturated heterocycles. The number of nitrogens with two attached hydrogens (primary N) is 1. The van der Waals surface area contributed by atoms with E-state index in [4.69, 9.17) is 15.2 Å². The van der Waals surface area contributed by atoms with Crippen molar-refractivity contribution in [3.8, 4) is 0 Å². The van der Waals surface area contributed by atoms with Crippen molar-refractivity contribution in [3.63, 3.8) is 0 Å². The van der Waals surface area contributed by atoms with Gasteiger partial charge in [-0.2, -0.15) is 0 Å². The van der Waals surface area contributed by atoms with Crippen LogP contribution in [-0.2, 0) is 25.7 Å². The molecule has 1 aliphatic rings. The molecule has 0 spiro atoms. The molecule has 3 rings (SSSR count). The van der Waals surface area contributed by atoms with Gasteiger partial charge in [0.25, 0.3) is 0 Å². The van der Waals surface area contributed by atoms with Gasteiger partial charge in [0.2, 0.25) is 0 Å². The molecule has 0 bridgehead atoms. The van der Waals surface area contributed by atoms with E-state index < -0.39 is 39.7 Å². The third kappa shape index (κ3) is 7.92. The lowest BCUT2D eigenvalue weighted by molar-refractivity contribution is -0.185. The van der Waals surface area contributed by atoms with E-state index in [1.54, 1.807) is 0 Å². The maximum absolute atomic E-state index is 13.8. The first-order valence-electron chi connectivity index (χ1n) is 12.3. The Hall–Kier alpha value is -2.66. The molecule has 1 fully saturated rings. The average Bonchev–Trinajstić information content (AvgIpc) is 2.84. The SMILES string of the molecule is CC(C)CNC([C@H](CCc1ccccc1)NC(=O)O[C@H]1CCCOC1O)S(=O)(=O)c1ccc(N)cc1. The average molecular weight is 520 g/mol. The Labute approximate surface area is 213 Å². The normalized spacial score (nSPS) is 20.0.